The van der Waals surface area contributed by atoms with Crippen LogP contribution in [0.4, 0.5) is 0 Å². The summed E-state index contributed by atoms with van der Waals surface area (Å²) in [5.41, 5.74) is 1.27. The minimum atomic E-state index is -0.525. The summed E-state index contributed by atoms with van der Waals surface area (Å²) in [6.07, 6.45) is 11.0. The summed E-state index contributed by atoms with van der Waals surface area (Å²) < 4.78 is 11.1. The van der Waals surface area contributed by atoms with Crippen LogP contribution in [0.25, 0.3) is 10.1 Å². The van der Waals surface area contributed by atoms with E-state index >= 15 is 0 Å². The normalized spacial score (nSPS) is 19.4. The molecule has 0 aliphatic heterocycles. The Morgan fingerprint density at radius 1 is 1.26 bits per heavy atom. The summed E-state index contributed by atoms with van der Waals surface area (Å²) in [4.78, 5) is 0. The van der Waals surface area contributed by atoms with Crippen LogP contribution in [0.3, 0.4) is 0 Å². The molecule has 0 spiro atoms. The Hall–Kier alpha value is -1.59. The van der Waals surface area contributed by atoms with E-state index in [1.807, 2.05) is 24.4 Å². The van der Waals surface area contributed by atoms with E-state index in [-0.39, 0.29) is 6.61 Å². The summed E-state index contributed by atoms with van der Waals surface area (Å²) >= 11 is 1.46. The van der Waals surface area contributed by atoms with Crippen molar-refractivity contribution in [3.63, 3.8) is 0 Å². The summed E-state index contributed by atoms with van der Waals surface area (Å²) in [6, 6.07) is 5.91. The molecule has 0 amide bonds. The highest BCUT2D eigenvalue weighted by molar-refractivity contribution is 7.13. The number of fused-ring (bicyclic) bond motifs is 1. The molecule has 1 aromatic carbocycles. The highest BCUT2D eigenvalue weighted by Gasteiger charge is 2.09. The van der Waals surface area contributed by atoms with Gasteiger partial charge >= 0.3 is 0 Å². The Labute approximate surface area is 141 Å². The Morgan fingerprint density at radius 3 is 3.13 bits per heavy atom. The Kier molecular flexibility index (Phi) is 5.88. The van der Waals surface area contributed by atoms with Gasteiger partial charge in [0, 0.05) is 12.2 Å². The third kappa shape index (κ3) is 4.69. The fourth-order valence-electron chi connectivity index (χ4n) is 2.84. The zero-order valence-electron chi connectivity index (χ0n) is 13.3. The maximum atomic E-state index is 10.2. The van der Waals surface area contributed by atoms with Gasteiger partial charge in [0.1, 0.15) is 18.5 Å². The lowest BCUT2D eigenvalue weighted by atomic mass is 10.0. The van der Waals surface area contributed by atoms with Gasteiger partial charge in [0.15, 0.2) is 0 Å². The van der Waals surface area contributed by atoms with Crippen molar-refractivity contribution in [2.45, 2.75) is 44.6 Å². The lowest BCUT2D eigenvalue weighted by Crippen LogP contribution is -2.31. The number of allylic oxidation sites excluding steroid dienone is 2. The Balaban J connectivity index is 1.47. The van der Waals surface area contributed by atoms with Gasteiger partial charge in [0.25, 0.3) is 0 Å². The predicted octanol–water partition coefficient (Wildman–Crippen LogP) is 3.86. The van der Waals surface area contributed by atoms with Gasteiger partial charge in [0.2, 0.25) is 0 Å². The number of aliphatic hydroxyl groups is 1. The average molecular weight is 332 g/mol. The van der Waals surface area contributed by atoms with E-state index < -0.39 is 6.10 Å². The van der Waals surface area contributed by atoms with E-state index in [9.17, 15) is 5.11 Å². The lowest BCUT2D eigenvalue weighted by Gasteiger charge is -2.17. The van der Waals surface area contributed by atoms with Crippen molar-refractivity contribution in [1.29, 1.82) is 0 Å². The number of benzene rings is 1. The van der Waals surface area contributed by atoms with Crippen LogP contribution < -0.4 is 10.1 Å². The second-order valence-corrected chi connectivity index (χ2v) is 6.85. The van der Waals surface area contributed by atoms with Crippen LogP contribution in [0.1, 0.15) is 38.5 Å². The first-order valence-electron chi connectivity index (χ1n) is 8.40. The minimum Gasteiger partial charge on any atom is -0.490 e. The van der Waals surface area contributed by atoms with Crippen molar-refractivity contribution in [2.75, 3.05) is 13.2 Å². The molecule has 1 aromatic heterocycles. The van der Waals surface area contributed by atoms with Gasteiger partial charge in [-0.15, -0.1) is 0 Å². The molecule has 3 rings (SSSR count). The lowest BCUT2D eigenvalue weighted by molar-refractivity contribution is 0.109. The minimum absolute atomic E-state index is 0.287. The van der Waals surface area contributed by atoms with E-state index in [1.54, 1.807) is 0 Å². The number of aliphatic hydroxyl groups excluding tert-OH is 1. The number of hydrogen-bond acceptors (Lipinski definition) is 5. The highest BCUT2D eigenvalue weighted by atomic mass is 32.1. The van der Waals surface area contributed by atoms with Crippen LogP contribution in [0, 0.1) is 0 Å². The van der Waals surface area contributed by atoms with E-state index in [1.165, 1.54) is 42.9 Å². The molecule has 1 atom stereocenters. The maximum Gasteiger partial charge on any atom is 0.129 e. The number of hydrogen-bond donors (Lipinski definition) is 2. The molecule has 4 nitrogen and oxygen atoms in total. The molecule has 0 bridgehead atoms. The van der Waals surface area contributed by atoms with E-state index in [0.717, 1.165) is 28.7 Å². The van der Waals surface area contributed by atoms with Crippen LogP contribution in [0.15, 0.2) is 36.2 Å². The molecular weight excluding hydrogens is 308 g/mol. The highest BCUT2D eigenvalue weighted by Crippen LogP contribution is 2.27. The van der Waals surface area contributed by atoms with Crippen molar-refractivity contribution in [3.05, 3.63) is 36.2 Å². The first-order chi connectivity index (χ1) is 11.3. The van der Waals surface area contributed by atoms with Crippen LogP contribution in [-0.2, 0) is 0 Å². The standard InChI is InChI=1S/C18H24N2O2S/c21-15(11-19-14-7-4-2-1-3-5-8-14)13-22-17-9-6-10-18-16(17)12-20-23-18/h6-7,9-10,12,15,19,21H,1-5,8,11,13H2/b14-7+. The zero-order valence-corrected chi connectivity index (χ0v) is 14.1. The van der Waals surface area contributed by atoms with Crippen LogP contribution in [-0.4, -0.2) is 28.7 Å². The maximum absolute atomic E-state index is 10.2. The molecule has 5 heteroatoms. The quantitative estimate of drug-likeness (QED) is 0.843. The largest absolute Gasteiger partial charge is 0.490 e. The molecule has 2 aromatic rings. The van der Waals surface area contributed by atoms with Gasteiger partial charge in [-0.25, -0.2) is 0 Å². The molecule has 1 unspecified atom stereocenters. The summed E-state index contributed by atoms with van der Waals surface area (Å²) in [5, 5.41) is 14.6. The van der Waals surface area contributed by atoms with Gasteiger partial charge in [-0.1, -0.05) is 25.0 Å². The predicted molar refractivity (Wildman–Crippen MR) is 94.9 cm³/mol. The second kappa shape index (κ2) is 8.31. The fraction of sp³-hybridized carbons (Fsp3) is 0.500. The third-order valence-corrected chi connectivity index (χ3v) is 4.91. The smallest absolute Gasteiger partial charge is 0.129 e. The number of nitrogens with zero attached hydrogens (tertiary/aromatic N) is 1. The van der Waals surface area contributed by atoms with Crippen LogP contribution in [0.2, 0.25) is 0 Å². The molecule has 0 saturated heterocycles. The van der Waals surface area contributed by atoms with Gasteiger partial charge in [0.05, 0.1) is 16.3 Å². The van der Waals surface area contributed by atoms with Crippen molar-refractivity contribution >= 4 is 21.6 Å². The molecule has 0 saturated carbocycles. The van der Waals surface area contributed by atoms with Gasteiger partial charge in [-0.3, -0.25) is 0 Å². The molecule has 0 fully saturated rings. The second-order valence-electron chi connectivity index (χ2n) is 6.02. The van der Waals surface area contributed by atoms with E-state index in [2.05, 4.69) is 15.8 Å². The van der Waals surface area contributed by atoms with Crippen LogP contribution >= 0.6 is 11.5 Å². The average Bonchev–Trinajstić information content (AvgIpc) is 3.01. The number of ether oxygens (including phenoxy) is 1. The monoisotopic (exact) mass is 332 g/mol. The molecule has 2 N–H and O–H groups in total. The number of aromatic nitrogens is 1. The molecule has 124 valence electrons. The van der Waals surface area contributed by atoms with E-state index in [4.69, 9.17) is 4.74 Å². The summed E-state index contributed by atoms with van der Waals surface area (Å²) in [7, 11) is 0. The van der Waals surface area contributed by atoms with Crippen molar-refractivity contribution in [2.24, 2.45) is 0 Å². The van der Waals surface area contributed by atoms with Crippen molar-refractivity contribution in [3.8, 4) is 5.75 Å². The van der Waals surface area contributed by atoms with Gasteiger partial charge in [-0.05, 0) is 49.3 Å². The van der Waals surface area contributed by atoms with Crippen LogP contribution in [0.5, 0.6) is 5.75 Å². The third-order valence-electron chi connectivity index (χ3n) is 4.15. The van der Waals surface area contributed by atoms with Gasteiger partial charge < -0.3 is 15.2 Å². The number of nitrogens with one attached hydrogen (secondary N) is 1. The summed E-state index contributed by atoms with van der Waals surface area (Å²) in [5.74, 6) is 0.792. The first-order valence-corrected chi connectivity index (χ1v) is 9.17. The van der Waals surface area contributed by atoms with Gasteiger partial charge in [-0.2, -0.15) is 4.37 Å². The molecule has 1 aliphatic rings. The first kappa shape index (κ1) is 16.3. The molecule has 1 aliphatic carbocycles. The zero-order chi connectivity index (χ0) is 15.9. The number of rotatable bonds is 6. The summed E-state index contributed by atoms with van der Waals surface area (Å²) in [6.45, 7) is 0.818. The fourth-order valence-corrected chi connectivity index (χ4v) is 3.50. The van der Waals surface area contributed by atoms with Crippen molar-refractivity contribution < 1.29 is 9.84 Å². The topological polar surface area (TPSA) is 54.4 Å². The SMILES string of the molecule is OC(CN/C1=C/CCCCCC1)COc1cccc2sncc12. The molecular formula is C18H24N2O2S. The van der Waals surface area contributed by atoms with E-state index in [0.29, 0.717) is 6.54 Å². The molecule has 0 radical (unpaired) electrons. The Bertz CT molecular complexity index is 653. The Morgan fingerprint density at radius 2 is 2.17 bits per heavy atom. The molecule has 23 heavy (non-hydrogen) atoms. The van der Waals surface area contributed by atoms with Crippen molar-refractivity contribution in [1.82, 2.24) is 9.69 Å². The molecule has 1 heterocycles.